The Morgan fingerprint density at radius 3 is 3.07 bits per heavy atom. The van der Waals surface area contributed by atoms with Crippen molar-refractivity contribution in [3.8, 4) is 0 Å². The molecule has 0 radical (unpaired) electrons. The van der Waals surface area contributed by atoms with Crippen molar-refractivity contribution < 1.29 is 0 Å². The fourth-order valence-corrected chi connectivity index (χ4v) is 2.82. The van der Waals surface area contributed by atoms with Gasteiger partial charge in [0, 0.05) is 18.7 Å². The van der Waals surface area contributed by atoms with E-state index in [-0.39, 0.29) is 0 Å². The zero-order chi connectivity index (χ0) is 9.60. The molecule has 0 saturated heterocycles. The van der Waals surface area contributed by atoms with Crippen molar-refractivity contribution in [2.24, 2.45) is 5.41 Å². The van der Waals surface area contributed by atoms with Crippen molar-refractivity contribution in [1.29, 1.82) is 0 Å². The molecule has 1 saturated carbocycles. The van der Waals surface area contributed by atoms with Crippen LogP contribution in [0.2, 0.25) is 0 Å². The summed E-state index contributed by atoms with van der Waals surface area (Å²) < 4.78 is 0. The van der Waals surface area contributed by atoms with Crippen molar-refractivity contribution in [3.05, 3.63) is 17.7 Å². The second-order valence-electron chi connectivity index (χ2n) is 4.91. The third-order valence-electron chi connectivity index (χ3n) is 3.94. The highest BCUT2D eigenvalue weighted by molar-refractivity contribution is 5.22. The summed E-state index contributed by atoms with van der Waals surface area (Å²) in [5, 5.41) is 3.62. The Hall–Kier alpha value is -0.830. The van der Waals surface area contributed by atoms with Gasteiger partial charge in [-0.25, -0.2) is 4.98 Å². The Morgan fingerprint density at radius 1 is 1.50 bits per heavy atom. The quantitative estimate of drug-likeness (QED) is 0.710. The van der Waals surface area contributed by atoms with Crippen LogP contribution in [0.15, 0.2) is 6.33 Å². The highest BCUT2D eigenvalue weighted by Crippen LogP contribution is 2.50. The number of nitrogens with zero attached hydrogens (tertiary/aromatic N) is 1. The number of aromatic nitrogens is 2. The van der Waals surface area contributed by atoms with Crippen LogP contribution in [0.25, 0.3) is 0 Å². The summed E-state index contributed by atoms with van der Waals surface area (Å²) in [6.45, 7) is 3.48. The maximum absolute atomic E-state index is 4.47. The zero-order valence-corrected chi connectivity index (χ0v) is 8.64. The predicted molar refractivity (Wildman–Crippen MR) is 55.0 cm³/mol. The Bertz CT molecular complexity index is 338. The van der Waals surface area contributed by atoms with E-state index in [0.29, 0.717) is 11.5 Å². The summed E-state index contributed by atoms with van der Waals surface area (Å²) in [5.74, 6) is 0. The van der Waals surface area contributed by atoms with E-state index >= 15 is 0 Å². The van der Waals surface area contributed by atoms with Gasteiger partial charge in [-0.15, -0.1) is 0 Å². The van der Waals surface area contributed by atoms with Crippen LogP contribution in [0, 0.1) is 5.41 Å². The molecule has 3 heteroatoms. The first-order chi connectivity index (χ1) is 6.80. The molecule has 2 aliphatic rings. The van der Waals surface area contributed by atoms with Gasteiger partial charge in [-0.3, -0.25) is 0 Å². The smallest absolute Gasteiger partial charge is 0.0925 e. The van der Waals surface area contributed by atoms with Crippen molar-refractivity contribution in [2.45, 2.75) is 38.6 Å². The van der Waals surface area contributed by atoms with Gasteiger partial charge in [0.05, 0.1) is 18.1 Å². The van der Waals surface area contributed by atoms with E-state index in [0.717, 1.165) is 13.0 Å². The average molecular weight is 191 g/mol. The highest BCUT2D eigenvalue weighted by Gasteiger charge is 2.43. The van der Waals surface area contributed by atoms with Crippen molar-refractivity contribution >= 4 is 0 Å². The van der Waals surface area contributed by atoms with Gasteiger partial charge in [0.1, 0.15) is 0 Å². The summed E-state index contributed by atoms with van der Waals surface area (Å²) in [6, 6.07) is 0.492. The van der Waals surface area contributed by atoms with Crippen LogP contribution in [0.5, 0.6) is 0 Å². The first kappa shape index (κ1) is 8.48. The number of nitrogens with one attached hydrogen (secondary N) is 2. The molecule has 2 heterocycles. The van der Waals surface area contributed by atoms with Crippen LogP contribution in [-0.4, -0.2) is 16.5 Å². The topological polar surface area (TPSA) is 40.7 Å². The first-order valence-corrected chi connectivity index (χ1v) is 5.55. The highest BCUT2D eigenvalue weighted by atomic mass is 15.0. The minimum absolute atomic E-state index is 0.463. The molecule has 1 atom stereocenters. The lowest BCUT2D eigenvalue weighted by atomic mass is 9.64. The van der Waals surface area contributed by atoms with Crippen LogP contribution in [0.1, 0.15) is 43.6 Å². The minimum atomic E-state index is 0.463. The third kappa shape index (κ3) is 1.05. The number of hydrogen-bond donors (Lipinski definition) is 2. The molecule has 3 nitrogen and oxygen atoms in total. The van der Waals surface area contributed by atoms with Crippen LogP contribution in [-0.2, 0) is 6.42 Å². The lowest BCUT2D eigenvalue weighted by molar-refractivity contribution is 0.0909. The van der Waals surface area contributed by atoms with Crippen molar-refractivity contribution in [3.63, 3.8) is 0 Å². The maximum atomic E-state index is 4.47. The number of H-pyrrole nitrogens is 1. The molecule has 1 aromatic heterocycles. The zero-order valence-electron chi connectivity index (χ0n) is 8.64. The largest absolute Gasteiger partial charge is 0.348 e. The molecule has 0 spiro atoms. The van der Waals surface area contributed by atoms with E-state index in [1.54, 1.807) is 0 Å². The molecule has 2 N–H and O–H groups in total. The molecule has 0 bridgehead atoms. The van der Waals surface area contributed by atoms with E-state index < -0.39 is 0 Å². The Kier molecular flexibility index (Phi) is 1.71. The summed E-state index contributed by atoms with van der Waals surface area (Å²) in [7, 11) is 0. The van der Waals surface area contributed by atoms with Gasteiger partial charge >= 0.3 is 0 Å². The van der Waals surface area contributed by atoms with Crippen molar-refractivity contribution in [1.82, 2.24) is 15.3 Å². The molecule has 1 fully saturated rings. The van der Waals surface area contributed by atoms with Gasteiger partial charge < -0.3 is 10.3 Å². The summed E-state index contributed by atoms with van der Waals surface area (Å²) in [6.07, 6.45) is 7.01. The second-order valence-corrected chi connectivity index (χ2v) is 4.91. The first-order valence-electron chi connectivity index (χ1n) is 5.55. The summed E-state index contributed by atoms with van der Waals surface area (Å²) in [5.41, 5.74) is 3.09. The Labute approximate surface area is 84.3 Å². The van der Waals surface area contributed by atoms with Crippen LogP contribution in [0.3, 0.4) is 0 Å². The number of imidazole rings is 1. The standard InChI is InChI=1S/C11H17N3/c1-11(4-2-5-11)10-9-8(3-6-12-10)13-7-14-9/h7,10,12H,2-6H2,1H3,(H,13,14). The maximum Gasteiger partial charge on any atom is 0.0925 e. The van der Waals surface area contributed by atoms with E-state index in [1.165, 1.54) is 30.7 Å². The molecular formula is C11H17N3. The molecule has 14 heavy (non-hydrogen) atoms. The van der Waals surface area contributed by atoms with E-state index in [1.807, 2.05) is 6.33 Å². The van der Waals surface area contributed by atoms with Gasteiger partial charge in [0.15, 0.2) is 0 Å². The molecular weight excluding hydrogens is 174 g/mol. The van der Waals surface area contributed by atoms with Gasteiger partial charge in [-0.2, -0.15) is 0 Å². The third-order valence-corrected chi connectivity index (χ3v) is 3.94. The van der Waals surface area contributed by atoms with Crippen LogP contribution < -0.4 is 5.32 Å². The number of rotatable bonds is 1. The fraction of sp³-hybridized carbons (Fsp3) is 0.727. The lowest BCUT2D eigenvalue weighted by Crippen LogP contribution is -2.44. The Balaban J connectivity index is 1.96. The average Bonchev–Trinajstić information content (AvgIpc) is 2.61. The van der Waals surface area contributed by atoms with Crippen LogP contribution in [0.4, 0.5) is 0 Å². The molecule has 1 aliphatic heterocycles. The minimum Gasteiger partial charge on any atom is -0.348 e. The van der Waals surface area contributed by atoms with E-state index in [2.05, 4.69) is 22.2 Å². The molecule has 1 aliphatic carbocycles. The number of hydrogen-bond acceptors (Lipinski definition) is 2. The van der Waals surface area contributed by atoms with E-state index in [9.17, 15) is 0 Å². The van der Waals surface area contributed by atoms with E-state index in [4.69, 9.17) is 0 Å². The van der Waals surface area contributed by atoms with Gasteiger partial charge in [-0.05, 0) is 18.3 Å². The summed E-state index contributed by atoms with van der Waals surface area (Å²) in [4.78, 5) is 7.73. The normalized spacial score (nSPS) is 29.4. The molecule has 0 amide bonds. The monoisotopic (exact) mass is 191 g/mol. The fourth-order valence-electron chi connectivity index (χ4n) is 2.82. The second kappa shape index (κ2) is 2.83. The van der Waals surface area contributed by atoms with Gasteiger partial charge in [0.25, 0.3) is 0 Å². The van der Waals surface area contributed by atoms with Gasteiger partial charge in [-0.1, -0.05) is 13.3 Å². The van der Waals surface area contributed by atoms with Gasteiger partial charge in [0.2, 0.25) is 0 Å². The SMILES string of the molecule is CC1(C2NCCc3[nH]cnc32)CCC1. The van der Waals surface area contributed by atoms with Crippen LogP contribution >= 0.6 is 0 Å². The lowest BCUT2D eigenvalue weighted by Gasteiger charge is -2.46. The molecule has 0 aromatic carbocycles. The number of aromatic amines is 1. The molecule has 1 unspecified atom stereocenters. The number of fused-ring (bicyclic) bond motifs is 1. The molecule has 3 rings (SSSR count). The van der Waals surface area contributed by atoms with Crippen molar-refractivity contribution in [2.75, 3.05) is 6.54 Å². The summed E-state index contributed by atoms with van der Waals surface area (Å²) >= 11 is 0. The molecule has 76 valence electrons. The predicted octanol–water partition coefficient (Wildman–Crippen LogP) is 1.79. The molecule has 1 aromatic rings. The Morgan fingerprint density at radius 2 is 2.36 bits per heavy atom.